The van der Waals surface area contributed by atoms with Crippen molar-refractivity contribution in [2.24, 2.45) is 0 Å². The first-order chi connectivity index (χ1) is 11.2. The molecule has 1 aliphatic rings. The molecule has 1 aromatic carbocycles. The monoisotopic (exact) mass is 351 g/mol. The Labute approximate surface area is 149 Å². The minimum Gasteiger partial charge on any atom is -0.490 e. The van der Waals surface area contributed by atoms with Crippen molar-refractivity contribution in [1.82, 2.24) is 15.5 Å². The molecule has 5 nitrogen and oxygen atoms in total. The van der Waals surface area contributed by atoms with Crippen LogP contribution in [0.4, 0.5) is 0 Å². The summed E-state index contributed by atoms with van der Waals surface area (Å²) in [6.45, 7) is 2.09. The summed E-state index contributed by atoms with van der Waals surface area (Å²) in [5.74, 6) is 2.21. The Morgan fingerprint density at radius 2 is 1.92 bits per heavy atom. The maximum atomic E-state index is 6.04. The largest absolute Gasteiger partial charge is 0.490 e. The second-order valence-electron chi connectivity index (χ2n) is 6.31. The van der Waals surface area contributed by atoms with Crippen molar-refractivity contribution in [2.75, 3.05) is 7.05 Å². The third-order valence-electron chi connectivity index (χ3n) is 4.41. The van der Waals surface area contributed by atoms with Crippen LogP contribution in [0.1, 0.15) is 44.9 Å². The fourth-order valence-electron chi connectivity index (χ4n) is 2.88. The van der Waals surface area contributed by atoms with E-state index in [1.54, 1.807) is 0 Å². The lowest BCUT2D eigenvalue weighted by atomic mass is 9.98. The van der Waals surface area contributed by atoms with E-state index in [1.165, 1.54) is 32.1 Å². The van der Waals surface area contributed by atoms with Crippen LogP contribution >= 0.6 is 12.4 Å². The normalized spacial score (nSPS) is 16.4. The van der Waals surface area contributed by atoms with E-state index >= 15 is 0 Å². The molecule has 1 atom stereocenters. The van der Waals surface area contributed by atoms with Crippen LogP contribution in [0.25, 0.3) is 11.5 Å². The summed E-state index contributed by atoms with van der Waals surface area (Å²) in [6, 6.07) is 8.27. The Bertz CT molecular complexity index is 609. The molecule has 6 heteroatoms. The van der Waals surface area contributed by atoms with Crippen LogP contribution in [0.5, 0.6) is 5.75 Å². The van der Waals surface area contributed by atoms with Crippen molar-refractivity contribution < 1.29 is 9.26 Å². The Morgan fingerprint density at radius 3 is 2.58 bits per heavy atom. The maximum absolute atomic E-state index is 6.04. The highest BCUT2D eigenvalue weighted by Crippen LogP contribution is 2.25. The number of nitrogens with one attached hydrogen (secondary N) is 1. The van der Waals surface area contributed by atoms with Gasteiger partial charge in [-0.15, -0.1) is 12.4 Å². The smallest absolute Gasteiger partial charge is 0.257 e. The molecule has 0 spiro atoms. The van der Waals surface area contributed by atoms with E-state index < -0.39 is 0 Å². The third-order valence-corrected chi connectivity index (χ3v) is 4.41. The quantitative estimate of drug-likeness (QED) is 0.851. The van der Waals surface area contributed by atoms with Gasteiger partial charge in [-0.3, -0.25) is 0 Å². The molecule has 0 saturated heterocycles. The van der Waals surface area contributed by atoms with Crippen LogP contribution in [0.15, 0.2) is 28.8 Å². The Hall–Kier alpha value is -1.59. The highest BCUT2D eigenvalue weighted by atomic mass is 35.5. The zero-order valence-electron chi connectivity index (χ0n) is 14.3. The molecule has 0 amide bonds. The Kier molecular flexibility index (Phi) is 7.06. The molecule has 1 N–H and O–H groups in total. The van der Waals surface area contributed by atoms with Gasteiger partial charge in [0.05, 0.1) is 6.10 Å². The molecule has 132 valence electrons. The van der Waals surface area contributed by atoms with Gasteiger partial charge >= 0.3 is 0 Å². The van der Waals surface area contributed by atoms with Gasteiger partial charge in [0.2, 0.25) is 0 Å². The van der Waals surface area contributed by atoms with Crippen LogP contribution < -0.4 is 10.1 Å². The highest BCUT2D eigenvalue weighted by Gasteiger charge is 2.15. The van der Waals surface area contributed by atoms with Gasteiger partial charge in [-0.2, -0.15) is 4.98 Å². The first kappa shape index (κ1) is 18.7. The van der Waals surface area contributed by atoms with Crippen molar-refractivity contribution in [3.05, 3.63) is 30.1 Å². The molecule has 24 heavy (non-hydrogen) atoms. The van der Waals surface area contributed by atoms with Gasteiger partial charge < -0.3 is 14.6 Å². The SMILES string of the molecule is CNC(C)Cc1noc(-c2ccc(OC3CCCCC3)cc2)n1.Cl. The molecule has 0 aliphatic heterocycles. The molecule has 1 saturated carbocycles. The number of ether oxygens (including phenoxy) is 1. The number of rotatable bonds is 6. The lowest BCUT2D eigenvalue weighted by Gasteiger charge is -2.22. The van der Waals surface area contributed by atoms with Gasteiger partial charge in [0.1, 0.15) is 5.75 Å². The van der Waals surface area contributed by atoms with E-state index in [2.05, 4.69) is 22.4 Å². The fraction of sp³-hybridized carbons (Fsp3) is 0.556. The standard InChI is InChI=1S/C18H25N3O2.ClH/c1-13(19-2)12-17-20-18(23-21-17)14-8-10-16(11-9-14)22-15-6-4-3-5-7-15;/h8-11,13,15,19H,3-7,12H2,1-2H3;1H. The molecular weight excluding hydrogens is 326 g/mol. The average Bonchev–Trinajstić information content (AvgIpc) is 3.05. The predicted octanol–water partition coefficient (Wildman–Crippen LogP) is 4.02. The van der Waals surface area contributed by atoms with Gasteiger partial charge in [-0.05, 0) is 63.9 Å². The molecule has 1 aliphatic carbocycles. The van der Waals surface area contributed by atoms with Crippen molar-refractivity contribution in [1.29, 1.82) is 0 Å². The number of hydrogen-bond acceptors (Lipinski definition) is 5. The molecule has 2 aromatic rings. The van der Waals surface area contributed by atoms with Crippen molar-refractivity contribution in [3.8, 4) is 17.2 Å². The first-order valence-electron chi connectivity index (χ1n) is 8.51. The predicted molar refractivity (Wildman–Crippen MR) is 96.7 cm³/mol. The summed E-state index contributed by atoms with van der Waals surface area (Å²) < 4.78 is 11.4. The summed E-state index contributed by atoms with van der Waals surface area (Å²) in [5.41, 5.74) is 0.928. The number of likely N-dealkylation sites (N-methyl/N-ethyl adjacent to an activating group) is 1. The van der Waals surface area contributed by atoms with E-state index in [4.69, 9.17) is 9.26 Å². The van der Waals surface area contributed by atoms with E-state index in [0.29, 0.717) is 18.0 Å². The number of hydrogen-bond donors (Lipinski definition) is 1. The number of aromatic nitrogens is 2. The van der Waals surface area contributed by atoms with Crippen LogP contribution in [0, 0.1) is 0 Å². The molecule has 1 fully saturated rings. The molecular formula is C18H26ClN3O2. The van der Waals surface area contributed by atoms with Gasteiger partial charge in [0, 0.05) is 18.0 Å². The molecule has 1 unspecified atom stereocenters. The lowest BCUT2D eigenvalue weighted by molar-refractivity contribution is 0.155. The second kappa shape index (κ2) is 9.04. The summed E-state index contributed by atoms with van der Waals surface area (Å²) in [4.78, 5) is 4.46. The van der Waals surface area contributed by atoms with E-state index in [-0.39, 0.29) is 12.4 Å². The third kappa shape index (κ3) is 4.95. The molecule has 3 rings (SSSR count). The van der Waals surface area contributed by atoms with E-state index in [9.17, 15) is 0 Å². The topological polar surface area (TPSA) is 60.2 Å². The summed E-state index contributed by atoms with van der Waals surface area (Å²) >= 11 is 0. The number of benzene rings is 1. The summed E-state index contributed by atoms with van der Waals surface area (Å²) in [7, 11) is 1.93. The zero-order valence-corrected chi connectivity index (χ0v) is 15.1. The Balaban J connectivity index is 0.00000208. The van der Waals surface area contributed by atoms with E-state index in [0.717, 1.165) is 23.6 Å². The van der Waals surface area contributed by atoms with Gasteiger partial charge in [0.15, 0.2) is 5.82 Å². The van der Waals surface area contributed by atoms with Crippen LogP contribution in [0.3, 0.4) is 0 Å². The number of nitrogens with zero attached hydrogens (tertiary/aromatic N) is 2. The summed E-state index contributed by atoms with van der Waals surface area (Å²) in [6.07, 6.45) is 7.34. The average molecular weight is 352 g/mol. The second-order valence-corrected chi connectivity index (χ2v) is 6.31. The van der Waals surface area contributed by atoms with Crippen LogP contribution in [0.2, 0.25) is 0 Å². The molecule has 1 heterocycles. The van der Waals surface area contributed by atoms with Gasteiger partial charge in [-0.1, -0.05) is 11.6 Å². The highest BCUT2D eigenvalue weighted by molar-refractivity contribution is 5.85. The minimum absolute atomic E-state index is 0. The first-order valence-corrected chi connectivity index (χ1v) is 8.51. The van der Waals surface area contributed by atoms with Crippen LogP contribution in [-0.2, 0) is 6.42 Å². The van der Waals surface area contributed by atoms with E-state index in [1.807, 2.05) is 31.3 Å². The van der Waals surface area contributed by atoms with Gasteiger partial charge in [0.25, 0.3) is 5.89 Å². The molecule has 1 aromatic heterocycles. The van der Waals surface area contributed by atoms with Crippen molar-refractivity contribution >= 4 is 12.4 Å². The van der Waals surface area contributed by atoms with Crippen molar-refractivity contribution in [2.45, 2.75) is 57.6 Å². The fourth-order valence-corrected chi connectivity index (χ4v) is 2.88. The van der Waals surface area contributed by atoms with Crippen molar-refractivity contribution in [3.63, 3.8) is 0 Å². The maximum Gasteiger partial charge on any atom is 0.257 e. The molecule has 0 radical (unpaired) electrons. The summed E-state index contributed by atoms with van der Waals surface area (Å²) in [5, 5.41) is 7.21. The Morgan fingerprint density at radius 1 is 1.21 bits per heavy atom. The minimum atomic E-state index is 0. The molecule has 0 bridgehead atoms. The zero-order chi connectivity index (χ0) is 16.1. The number of halogens is 1. The van der Waals surface area contributed by atoms with Crippen LogP contribution in [-0.4, -0.2) is 29.3 Å². The lowest BCUT2D eigenvalue weighted by Crippen LogP contribution is -2.24. The van der Waals surface area contributed by atoms with Gasteiger partial charge in [-0.25, -0.2) is 0 Å².